The van der Waals surface area contributed by atoms with Crippen LogP contribution >= 0.6 is 0 Å². The zero-order valence-corrected chi connectivity index (χ0v) is 16.1. The summed E-state index contributed by atoms with van der Waals surface area (Å²) in [5, 5.41) is 6.44. The molecular weight excluding hydrogens is 336 g/mol. The first-order chi connectivity index (χ1) is 12.0. The van der Waals surface area contributed by atoms with E-state index < -0.39 is 9.84 Å². The van der Waals surface area contributed by atoms with Crippen LogP contribution in [0.1, 0.15) is 26.2 Å². The molecule has 1 aromatic rings. The minimum Gasteiger partial charge on any atom is -0.375 e. The van der Waals surface area contributed by atoms with Crippen LogP contribution in [0.2, 0.25) is 0 Å². The SMILES string of the molecule is CCNC(=NCCCCN(C)c1ccccc1)NC1CCS(=O)(=O)C1. The predicted molar refractivity (Wildman–Crippen MR) is 105 cm³/mol. The first-order valence-electron chi connectivity index (χ1n) is 9.01. The Labute approximate surface area is 151 Å². The molecule has 1 aromatic carbocycles. The van der Waals surface area contributed by atoms with Gasteiger partial charge in [0.15, 0.2) is 15.8 Å². The van der Waals surface area contributed by atoms with Crippen LogP contribution in [-0.2, 0) is 9.84 Å². The van der Waals surface area contributed by atoms with E-state index >= 15 is 0 Å². The van der Waals surface area contributed by atoms with E-state index in [0.29, 0.717) is 6.42 Å². The summed E-state index contributed by atoms with van der Waals surface area (Å²) in [6.07, 6.45) is 2.72. The fraction of sp³-hybridized carbons (Fsp3) is 0.611. The summed E-state index contributed by atoms with van der Waals surface area (Å²) in [5.41, 5.74) is 1.23. The quantitative estimate of drug-likeness (QED) is 0.416. The summed E-state index contributed by atoms with van der Waals surface area (Å²) in [6, 6.07) is 10.3. The topological polar surface area (TPSA) is 73.8 Å². The summed E-state index contributed by atoms with van der Waals surface area (Å²) in [7, 11) is -0.770. The van der Waals surface area contributed by atoms with E-state index in [0.717, 1.165) is 38.4 Å². The van der Waals surface area contributed by atoms with Crippen LogP contribution in [0.5, 0.6) is 0 Å². The van der Waals surface area contributed by atoms with Gasteiger partial charge in [0.25, 0.3) is 0 Å². The summed E-state index contributed by atoms with van der Waals surface area (Å²) in [6.45, 7) is 4.50. The molecule has 0 bridgehead atoms. The fourth-order valence-corrected chi connectivity index (χ4v) is 4.56. The lowest BCUT2D eigenvalue weighted by Crippen LogP contribution is -2.44. The van der Waals surface area contributed by atoms with Gasteiger partial charge in [0, 0.05) is 38.4 Å². The first-order valence-corrected chi connectivity index (χ1v) is 10.8. The largest absolute Gasteiger partial charge is 0.375 e. The monoisotopic (exact) mass is 366 g/mol. The Kier molecular flexibility index (Phi) is 7.55. The molecule has 0 spiro atoms. The normalized spacial score (nSPS) is 19.6. The van der Waals surface area contributed by atoms with Crippen LogP contribution < -0.4 is 15.5 Å². The highest BCUT2D eigenvalue weighted by Gasteiger charge is 2.28. The number of hydrogen-bond donors (Lipinski definition) is 2. The number of unbranched alkanes of at least 4 members (excludes halogenated alkanes) is 1. The Hall–Kier alpha value is -1.76. The highest BCUT2D eigenvalue weighted by atomic mass is 32.2. The van der Waals surface area contributed by atoms with Crippen molar-refractivity contribution in [1.82, 2.24) is 10.6 Å². The number of sulfone groups is 1. The molecule has 0 aliphatic carbocycles. The molecule has 1 fully saturated rings. The number of guanidine groups is 1. The minimum atomic E-state index is -2.87. The molecular formula is C18H30N4O2S. The molecule has 1 aliphatic rings. The van der Waals surface area contributed by atoms with Gasteiger partial charge < -0.3 is 15.5 Å². The van der Waals surface area contributed by atoms with Crippen LogP contribution in [0.15, 0.2) is 35.3 Å². The van der Waals surface area contributed by atoms with Crippen LogP contribution in [0, 0.1) is 0 Å². The van der Waals surface area contributed by atoms with E-state index in [-0.39, 0.29) is 17.5 Å². The van der Waals surface area contributed by atoms with E-state index in [1.165, 1.54) is 5.69 Å². The summed E-state index contributed by atoms with van der Waals surface area (Å²) >= 11 is 0. The van der Waals surface area contributed by atoms with E-state index in [4.69, 9.17) is 0 Å². The molecule has 140 valence electrons. The molecule has 6 nitrogen and oxygen atoms in total. The zero-order chi connectivity index (χ0) is 18.1. The summed E-state index contributed by atoms with van der Waals surface area (Å²) in [4.78, 5) is 6.82. The Morgan fingerprint density at radius 3 is 2.68 bits per heavy atom. The maximum atomic E-state index is 11.6. The van der Waals surface area contributed by atoms with Gasteiger partial charge in [-0.2, -0.15) is 0 Å². The van der Waals surface area contributed by atoms with Crippen molar-refractivity contribution >= 4 is 21.5 Å². The second-order valence-electron chi connectivity index (χ2n) is 6.47. The number of rotatable bonds is 8. The molecule has 0 saturated carbocycles. The zero-order valence-electron chi connectivity index (χ0n) is 15.2. The maximum absolute atomic E-state index is 11.6. The number of nitrogens with zero attached hydrogens (tertiary/aromatic N) is 2. The van der Waals surface area contributed by atoms with E-state index in [9.17, 15) is 8.42 Å². The number of nitrogens with one attached hydrogen (secondary N) is 2. The third-order valence-electron chi connectivity index (χ3n) is 4.29. The van der Waals surface area contributed by atoms with Gasteiger partial charge in [0.05, 0.1) is 11.5 Å². The lowest BCUT2D eigenvalue weighted by molar-refractivity contribution is 0.599. The molecule has 0 radical (unpaired) electrons. The number of para-hydroxylation sites is 1. The van der Waals surface area contributed by atoms with Gasteiger partial charge in [0.2, 0.25) is 0 Å². The molecule has 1 heterocycles. The second-order valence-corrected chi connectivity index (χ2v) is 8.70. The molecule has 1 aliphatic heterocycles. The van der Waals surface area contributed by atoms with E-state index in [1.807, 2.05) is 25.1 Å². The molecule has 0 amide bonds. The van der Waals surface area contributed by atoms with Crippen molar-refractivity contribution in [2.45, 2.75) is 32.2 Å². The van der Waals surface area contributed by atoms with Gasteiger partial charge >= 0.3 is 0 Å². The van der Waals surface area contributed by atoms with Gasteiger partial charge in [-0.3, -0.25) is 4.99 Å². The van der Waals surface area contributed by atoms with Crippen molar-refractivity contribution in [2.75, 3.05) is 43.1 Å². The van der Waals surface area contributed by atoms with Crippen molar-refractivity contribution in [1.29, 1.82) is 0 Å². The van der Waals surface area contributed by atoms with Gasteiger partial charge in [-0.1, -0.05) is 18.2 Å². The molecule has 2 N–H and O–H groups in total. The standard InChI is InChI=1S/C18H30N4O2S/c1-3-19-18(21-16-11-14-25(23,24)15-16)20-12-7-8-13-22(2)17-9-5-4-6-10-17/h4-6,9-10,16H,3,7-8,11-15H2,1-2H3,(H2,19,20,21). The first kappa shape index (κ1) is 19.6. The average Bonchev–Trinajstić information content (AvgIpc) is 2.94. The Bertz CT molecular complexity index is 646. The maximum Gasteiger partial charge on any atom is 0.191 e. The number of anilines is 1. The Morgan fingerprint density at radius 2 is 2.04 bits per heavy atom. The highest BCUT2D eigenvalue weighted by molar-refractivity contribution is 7.91. The van der Waals surface area contributed by atoms with Crippen LogP contribution in [0.25, 0.3) is 0 Å². The number of benzene rings is 1. The summed E-state index contributed by atoms with van der Waals surface area (Å²) < 4.78 is 23.1. The lowest BCUT2D eigenvalue weighted by atomic mass is 10.2. The fourth-order valence-electron chi connectivity index (χ4n) is 2.89. The average molecular weight is 367 g/mol. The van der Waals surface area contributed by atoms with Crippen molar-refractivity contribution in [3.63, 3.8) is 0 Å². The van der Waals surface area contributed by atoms with E-state index in [1.54, 1.807) is 0 Å². The number of aliphatic imine (C=N–C) groups is 1. The third-order valence-corrected chi connectivity index (χ3v) is 6.05. The van der Waals surface area contributed by atoms with Crippen LogP contribution in [-0.4, -0.2) is 58.6 Å². The molecule has 1 atom stereocenters. The molecule has 7 heteroatoms. The number of hydrogen-bond acceptors (Lipinski definition) is 4. The van der Waals surface area contributed by atoms with Crippen molar-refractivity contribution in [3.05, 3.63) is 30.3 Å². The van der Waals surface area contributed by atoms with Crippen LogP contribution in [0.4, 0.5) is 5.69 Å². The Morgan fingerprint density at radius 1 is 1.28 bits per heavy atom. The van der Waals surface area contributed by atoms with Crippen molar-refractivity contribution in [2.24, 2.45) is 4.99 Å². The molecule has 0 aromatic heterocycles. The molecule has 1 unspecified atom stereocenters. The lowest BCUT2D eigenvalue weighted by Gasteiger charge is -2.19. The molecule has 25 heavy (non-hydrogen) atoms. The van der Waals surface area contributed by atoms with Gasteiger partial charge in [0.1, 0.15) is 0 Å². The van der Waals surface area contributed by atoms with Gasteiger partial charge in [-0.05, 0) is 38.3 Å². The van der Waals surface area contributed by atoms with E-state index in [2.05, 4.69) is 39.7 Å². The summed E-state index contributed by atoms with van der Waals surface area (Å²) in [5.74, 6) is 1.20. The predicted octanol–water partition coefficient (Wildman–Crippen LogP) is 1.65. The van der Waals surface area contributed by atoms with Crippen molar-refractivity contribution < 1.29 is 8.42 Å². The molecule has 2 rings (SSSR count). The van der Waals surface area contributed by atoms with Crippen LogP contribution in [0.3, 0.4) is 0 Å². The molecule has 1 saturated heterocycles. The Balaban J connectivity index is 1.72. The second kappa shape index (κ2) is 9.65. The minimum absolute atomic E-state index is 0.0213. The third kappa shape index (κ3) is 6.94. The van der Waals surface area contributed by atoms with Gasteiger partial charge in [-0.15, -0.1) is 0 Å². The smallest absolute Gasteiger partial charge is 0.191 e. The highest BCUT2D eigenvalue weighted by Crippen LogP contribution is 2.12. The van der Waals surface area contributed by atoms with Crippen molar-refractivity contribution in [3.8, 4) is 0 Å². The van der Waals surface area contributed by atoms with Gasteiger partial charge in [-0.25, -0.2) is 8.42 Å².